The Kier molecular flexibility index (Phi) is 3.99. The summed E-state index contributed by atoms with van der Waals surface area (Å²) in [7, 11) is 0. The number of alkyl halides is 3. The van der Waals surface area contributed by atoms with Gasteiger partial charge >= 0.3 is 6.18 Å². The zero-order valence-corrected chi connectivity index (χ0v) is 14.6. The van der Waals surface area contributed by atoms with Gasteiger partial charge in [-0.05, 0) is 46.8 Å². The van der Waals surface area contributed by atoms with Gasteiger partial charge in [-0.3, -0.25) is 4.98 Å². The summed E-state index contributed by atoms with van der Waals surface area (Å²) in [5.74, 6) is 0. The molecule has 0 fully saturated rings. The molecule has 0 bridgehead atoms. The lowest BCUT2D eigenvalue weighted by atomic mass is 9.95. The molecule has 1 aromatic heterocycles. The first-order valence-electron chi connectivity index (χ1n) is 8.49. The minimum Gasteiger partial charge on any atom is -0.256 e. The van der Waals surface area contributed by atoms with Crippen LogP contribution in [0, 0.1) is 0 Å². The normalized spacial score (nSPS) is 11.9. The Hall–Kier alpha value is -3.14. The summed E-state index contributed by atoms with van der Waals surface area (Å²) < 4.78 is 39.3. The van der Waals surface area contributed by atoms with Gasteiger partial charge in [-0.25, -0.2) is 0 Å². The third-order valence-corrected chi connectivity index (χ3v) is 4.71. The van der Waals surface area contributed by atoms with Crippen molar-refractivity contribution >= 4 is 27.1 Å². The van der Waals surface area contributed by atoms with Crippen molar-refractivity contribution in [1.29, 1.82) is 0 Å². The maximum atomic E-state index is 13.1. The van der Waals surface area contributed by atoms with E-state index in [9.17, 15) is 13.2 Å². The molecule has 134 valence electrons. The molecule has 27 heavy (non-hydrogen) atoms. The number of nitrogens with zero attached hydrogens (tertiary/aromatic N) is 1. The lowest BCUT2D eigenvalue weighted by Gasteiger charge is -2.14. The highest BCUT2D eigenvalue weighted by atomic mass is 19.4. The van der Waals surface area contributed by atoms with Crippen molar-refractivity contribution in [1.82, 2.24) is 4.98 Å². The fourth-order valence-corrected chi connectivity index (χ4v) is 3.34. The van der Waals surface area contributed by atoms with Gasteiger partial charge in [0.2, 0.25) is 0 Å². The van der Waals surface area contributed by atoms with Crippen LogP contribution in [0.3, 0.4) is 0 Å². The number of pyridine rings is 1. The fourth-order valence-electron chi connectivity index (χ4n) is 3.34. The van der Waals surface area contributed by atoms with Gasteiger partial charge in [0.1, 0.15) is 0 Å². The Morgan fingerprint density at radius 2 is 1.63 bits per heavy atom. The van der Waals surface area contributed by atoms with E-state index < -0.39 is 11.7 Å². The Bertz CT molecular complexity index is 1190. The molecular weight excluding hydrogens is 347 g/mol. The van der Waals surface area contributed by atoms with Gasteiger partial charge in [0.25, 0.3) is 0 Å². The summed E-state index contributed by atoms with van der Waals surface area (Å²) in [6.07, 6.45) is -2.63. The first-order valence-corrected chi connectivity index (χ1v) is 8.49. The molecule has 0 unspecified atom stereocenters. The van der Waals surface area contributed by atoms with Gasteiger partial charge in [-0.2, -0.15) is 13.2 Å². The van der Waals surface area contributed by atoms with E-state index in [1.54, 1.807) is 13.1 Å². The molecule has 0 saturated heterocycles. The molecule has 0 N–H and O–H groups in total. The fraction of sp³-hybridized carbons (Fsp3) is 0.0870. The van der Waals surface area contributed by atoms with Crippen LogP contribution in [-0.2, 0) is 6.18 Å². The van der Waals surface area contributed by atoms with Crippen LogP contribution in [0.15, 0.2) is 73.4 Å². The molecule has 1 nitrogen and oxygen atoms in total. The third kappa shape index (κ3) is 3.08. The zero-order chi connectivity index (χ0) is 19.2. The lowest BCUT2D eigenvalue weighted by molar-refractivity contribution is -0.137. The molecule has 3 aromatic carbocycles. The quantitative estimate of drug-likeness (QED) is 0.346. The number of hydrogen-bond acceptors (Lipinski definition) is 1. The predicted octanol–water partition coefficient (Wildman–Crippen LogP) is 7.11. The summed E-state index contributed by atoms with van der Waals surface area (Å²) in [6.45, 7) is 5.56. The minimum absolute atomic E-state index is 0.455. The SMILES string of the molecule is C=C(C)c1cc(C(F)(F)F)ccc1-c1cc2c(ccc3ccccc32)cn1. The number of aromatic nitrogens is 1. The van der Waals surface area contributed by atoms with Crippen molar-refractivity contribution in [2.45, 2.75) is 13.1 Å². The molecular formula is C23H16F3N. The number of rotatable bonds is 2. The van der Waals surface area contributed by atoms with Crippen molar-refractivity contribution in [3.05, 3.63) is 84.6 Å². The summed E-state index contributed by atoms with van der Waals surface area (Å²) >= 11 is 0. The van der Waals surface area contributed by atoms with Gasteiger partial charge in [-0.1, -0.05) is 54.6 Å². The molecule has 4 rings (SSSR count). The second-order valence-electron chi connectivity index (χ2n) is 6.62. The molecule has 0 spiro atoms. The molecule has 0 radical (unpaired) electrons. The van der Waals surface area contributed by atoms with Crippen LogP contribution in [0.4, 0.5) is 13.2 Å². The van der Waals surface area contributed by atoms with Crippen LogP contribution in [0.25, 0.3) is 38.4 Å². The van der Waals surface area contributed by atoms with Crippen LogP contribution in [0.2, 0.25) is 0 Å². The van der Waals surface area contributed by atoms with Crippen LogP contribution >= 0.6 is 0 Å². The second kappa shape index (κ2) is 6.23. The smallest absolute Gasteiger partial charge is 0.256 e. The first-order chi connectivity index (χ1) is 12.8. The highest BCUT2D eigenvalue weighted by Gasteiger charge is 2.31. The van der Waals surface area contributed by atoms with E-state index in [-0.39, 0.29) is 0 Å². The third-order valence-electron chi connectivity index (χ3n) is 4.71. The van der Waals surface area contributed by atoms with E-state index >= 15 is 0 Å². The van der Waals surface area contributed by atoms with Gasteiger partial charge in [0.05, 0.1) is 11.3 Å². The number of allylic oxidation sites excluding steroid dienone is 1. The molecule has 0 atom stereocenters. The average Bonchev–Trinajstić information content (AvgIpc) is 2.66. The van der Waals surface area contributed by atoms with Gasteiger partial charge < -0.3 is 0 Å². The van der Waals surface area contributed by atoms with Crippen molar-refractivity contribution in [3.63, 3.8) is 0 Å². The Labute approximate surface area is 154 Å². The number of halogens is 3. The molecule has 0 aliphatic rings. The van der Waals surface area contributed by atoms with Crippen molar-refractivity contribution in [2.75, 3.05) is 0 Å². The Morgan fingerprint density at radius 1 is 0.889 bits per heavy atom. The molecule has 0 amide bonds. The summed E-state index contributed by atoms with van der Waals surface area (Å²) in [6, 6.07) is 17.7. The maximum absolute atomic E-state index is 13.1. The monoisotopic (exact) mass is 363 g/mol. The van der Waals surface area contributed by atoms with E-state index in [0.717, 1.165) is 33.7 Å². The topological polar surface area (TPSA) is 12.9 Å². The Balaban J connectivity index is 1.96. The number of fused-ring (bicyclic) bond motifs is 3. The number of benzene rings is 3. The standard InChI is InChI=1S/C23H16F3N/c1-14(2)20-11-17(23(24,25)26)9-10-19(20)22-12-21-16(13-27-22)8-7-15-5-3-4-6-18(15)21/h3-13H,1H2,2H3. The molecule has 4 aromatic rings. The minimum atomic E-state index is -4.39. The summed E-state index contributed by atoms with van der Waals surface area (Å²) in [5, 5.41) is 4.20. The number of hydrogen-bond donors (Lipinski definition) is 0. The van der Waals surface area contributed by atoms with Crippen molar-refractivity contribution in [3.8, 4) is 11.3 Å². The van der Waals surface area contributed by atoms with Crippen molar-refractivity contribution < 1.29 is 13.2 Å². The van der Waals surface area contributed by atoms with E-state index in [1.165, 1.54) is 6.07 Å². The van der Waals surface area contributed by atoms with E-state index in [1.807, 2.05) is 42.5 Å². The van der Waals surface area contributed by atoms with E-state index in [4.69, 9.17) is 0 Å². The van der Waals surface area contributed by atoms with Crippen LogP contribution < -0.4 is 0 Å². The summed E-state index contributed by atoms with van der Waals surface area (Å²) in [4.78, 5) is 4.50. The molecule has 0 aliphatic heterocycles. The Morgan fingerprint density at radius 3 is 2.37 bits per heavy atom. The first kappa shape index (κ1) is 17.3. The van der Waals surface area contributed by atoms with Gasteiger partial charge in [0.15, 0.2) is 0 Å². The maximum Gasteiger partial charge on any atom is 0.416 e. The van der Waals surface area contributed by atoms with E-state index in [2.05, 4.69) is 11.6 Å². The van der Waals surface area contributed by atoms with Crippen molar-refractivity contribution in [2.24, 2.45) is 0 Å². The van der Waals surface area contributed by atoms with E-state index in [0.29, 0.717) is 22.4 Å². The van der Waals surface area contributed by atoms with Gasteiger partial charge in [-0.15, -0.1) is 0 Å². The zero-order valence-electron chi connectivity index (χ0n) is 14.6. The average molecular weight is 363 g/mol. The molecule has 0 aliphatic carbocycles. The highest BCUT2D eigenvalue weighted by molar-refractivity contribution is 6.08. The summed E-state index contributed by atoms with van der Waals surface area (Å²) in [5.41, 5.74) is 1.61. The lowest BCUT2D eigenvalue weighted by Crippen LogP contribution is -2.06. The largest absolute Gasteiger partial charge is 0.416 e. The molecule has 1 heterocycles. The predicted molar refractivity (Wildman–Crippen MR) is 104 cm³/mol. The second-order valence-corrected chi connectivity index (χ2v) is 6.62. The van der Waals surface area contributed by atoms with Crippen LogP contribution in [0.5, 0.6) is 0 Å². The molecule has 4 heteroatoms. The van der Waals surface area contributed by atoms with Crippen LogP contribution in [-0.4, -0.2) is 4.98 Å². The van der Waals surface area contributed by atoms with Crippen LogP contribution in [0.1, 0.15) is 18.1 Å². The van der Waals surface area contributed by atoms with Gasteiger partial charge in [0, 0.05) is 17.1 Å². The highest BCUT2D eigenvalue weighted by Crippen LogP contribution is 2.36. The molecule has 0 saturated carbocycles.